The number of carbonyl (C=O) groups is 1. The van der Waals surface area contributed by atoms with Crippen molar-refractivity contribution < 1.29 is 22.3 Å². The summed E-state index contributed by atoms with van der Waals surface area (Å²) in [4.78, 5) is 13.8. The van der Waals surface area contributed by atoms with Crippen molar-refractivity contribution in [3.8, 4) is 5.75 Å². The van der Waals surface area contributed by atoms with Crippen molar-refractivity contribution in [2.75, 3.05) is 31.8 Å². The number of rotatable bonds is 7. The number of ether oxygens (including phenoxy) is 1. The predicted molar refractivity (Wildman–Crippen MR) is 97.7 cm³/mol. The van der Waals surface area contributed by atoms with Crippen LogP contribution in [-0.4, -0.2) is 45.8 Å². The molecule has 2 amide bonds. The van der Waals surface area contributed by atoms with Gasteiger partial charge in [-0.3, -0.25) is 0 Å². The Labute approximate surface area is 152 Å². The molecule has 0 atom stereocenters. The molecule has 1 N–H and O–H groups in total. The van der Waals surface area contributed by atoms with Crippen LogP contribution in [0.3, 0.4) is 0 Å². The number of nitrogens with zero attached hydrogens (tertiary/aromatic N) is 1. The van der Waals surface area contributed by atoms with Gasteiger partial charge in [0.1, 0.15) is 11.6 Å². The molecule has 2 aromatic rings. The quantitative estimate of drug-likeness (QED) is 0.749. The molecule has 0 saturated carbocycles. The molecule has 0 aliphatic carbocycles. The molecular weight excluding hydrogens is 359 g/mol. The van der Waals surface area contributed by atoms with Crippen LogP contribution in [0.1, 0.15) is 6.42 Å². The second kappa shape index (κ2) is 8.66. The Morgan fingerprint density at radius 1 is 1.12 bits per heavy atom. The van der Waals surface area contributed by atoms with Crippen molar-refractivity contribution in [3.05, 3.63) is 54.3 Å². The molecule has 0 bridgehead atoms. The van der Waals surface area contributed by atoms with Crippen molar-refractivity contribution in [1.82, 2.24) is 4.90 Å². The summed E-state index contributed by atoms with van der Waals surface area (Å²) in [6, 6.07) is 11.4. The van der Waals surface area contributed by atoms with Crippen LogP contribution in [0.4, 0.5) is 14.9 Å². The molecule has 0 fully saturated rings. The Balaban J connectivity index is 1.73. The first-order chi connectivity index (χ1) is 12.3. The largest absolute Gasteiger partial charge is 0.494 e. The van der Waals surface area contributed by atoms with Gasteiger partial charge in [-0.2, -0.15) is 0 Å². The van der Waals surface area contributed by atoms with E-state index < -0.39 is 9.84 Å². The minimum absolute atomic E-state index is 0.238. The summed E-state index contributed by atoms with van der Waals surface area (Å²) in [5, 5.41) is 2.67. The Bertz CT molecular complexity index is 836. The lowest BCUT2D eigenvalue weighted by Gasteiger charge is -2.18. The van der Waals surface area contributed by atoms with E-state index >= 15 is 0 Å². The van der Waals surface area contributed by atoms with Crippen molar-refractivity contribution >= 4 is 21.6 Å². The number of urea groups is 1. The first kappa shape index (κ1) is 19.7. The SMILES string of the molecule is CN(CCCOc1ccc(S(C)(=O)=O)cc1)C(=O)Nc1ccc(F)cc1. The lowest BCUT2D eigenvalue weighted by atomic mass is 10.3. The molecule has 6 nitrogen and oxygen atoms in total. The molecule has 2 aromatic carbocycles. The molecule has 0 aliphatic rings. The standard InChI is InChI=1S/C18H21FN2O4S/c1-21(18(22)20-15-6-4-14(19)5-7-15)12-3-13-25-16-8-10-17(11-9-16)26(2,23)24/h4-11H,3,12-13H2,1-2H3,(H,20,22). The van der Waals surface area contributed by atoms with Gasteiger partial charge in [0.15, 0.2) is 9.84 Å². The lowest BCUT2D eigenvalue weighted by Crippen LogP contribution is -2.32. The summed E-state index contributed by atoms with van der Waals surface area (Å²) in [7, 11) is -1.57. The molecule has 0 saturated heterocycles. The maximum Gasteiger partial charge on any atom is 0.321 e. The van der Waals surface area contributed by atoms with Crippen LogP contribution in [0.2, 0.25) is 0 Å². The summed E-state index contributed by atoms with van der Waals surface area (Å²) in [6.45, 7) is 0.848. The minimum atomic E-state index is -3.22. The van der Waals surface area contributed by atoms with Crippen LogP contribution < -0.4 is 10.1 Å². The van der Waals surface area contributed by atoms with Crippen molar-refractivity contribution in [2.45, 2.75) is 11.3 Å². The first-order valence-corrected chi connectivity index (χ1v) is 9.85. The highest BCUT2D eigenvalue weighted by Gasteiger charge is 2.09. The van der Waals surface area contributed by atoms with E-state index in [4.69, 9.17) is 4.74 Å². The van der Waals surface area contributed by atoms with Crippen LogP contribution in [0.15, 0.2) is 53.4 Å². The molecule has 140 valence electrons. The van der Waals surface area contributed by atoms with Gasteiger partial charge in [0.2, 0.25) is 0 Å². The van der Waals surface area contributed by atoms with E-state index in [9.17, 15) is 17.6 Å². The Morgan fingerprint density at radius 2 is 1.73 bits per heavy atom. The number of nitrogens with one attached hydrogen (secondary N) is 1. The monoisotopic (exact) mass is 380 g/mol. The Kier molecular flexibility index (Phi) is 6.57. The van der Waals surface area contributed by atoms with E-state index in [0.29, 0.717) is 31.0 Å². The van der Waals surface area contributed by atoms with Gasteiger partial charge in [0.05, 0.1) is 11.5 Å². The normalized spacial score (nSPS) is 11.0. The highest BCUT2D eigenvalue weighted by atomic mass is 32.2. The second-order valence-corrected chi connectivity index (χ2v) is 7.82. The van der Waals surface area contributed by atoms with Crippen molar-refractivity contribution in [3.63, 3.8) is 0 Å². The van der Waals surface area contributed by atoms with Gasteiger partial charge in [0, 0.05) is 25.5 Å². The number of amides is 2. The molecule has 0 aliphatic heterocycles. The third kappa shape index (κ3) is 6.03. The van der Waals surface area contributed by atoms with E-state index in [2.05, 4.69) is 5.32 Å². The third-order valence-electron chi connectivity index (χ3n) is 3.60. The van der Waals surface area contributed by atoms with E-state index in [1.807, 2.05) is 0 Å². The Morgan fingerprint density at radius 3 is 2.31 bits per heavy atom. The Hall–Kier alpha value is -2.61. The average Bonchev–Trinajstić information content (AvgIpc) is 2.60. The zero-order valence-electron chi connectivity index (χ0n) is 14.6. The molecule has 0 unspecified atom stereocenters. The van der Waals surface area contributed by atoms with Gasteiger partial charge in [0.25, 0.3) is 0 Å². The fraction of sp³-hybridized carbons (Fsp3) is 0.278. The minimum Gasteiger partial charge on any atom is -0.494 e. The van der Waals surface area contributed by atoms with Crippen LogP contribution >= 0.6 is 0 Å². The van der Waals surface area contributed by atoms with E-state index in [1.165, 1.54) is 41.3 Å². The van der Waals surface area contributed by atoms with E-state index in [0.717, 1.165) is 6.26 Å². The number of sulfone groups is 1. The zero-order valence-corrected chi connectivity index (χ0v) is 15.4. The van der Waals surface area contributed by atoms with Gasteiger partial charge < -0.3 is 15.0 Å². The van der Waals surface area contributed by atoms with Gasteiger partial charge >= 0.3 is 6.03 Å². The zero-order chi connectivity index (χ0) is 19.2. The van der Waals surface area contributed by atoms with Crippen molar-refractivity contribution in [1.29, 1.82) is 0 Å². The topological polar surface area (TPSA) is 75.7 Å². The van der Waals surface area contributed by atoms with Crippen LogP contribution in [0.5, 0.6) is 5.75 Å². The first-order valence-electron chi connectivity index (χ1n) is 7.96. The summed E-state index contributed by atoms with van der Waals surface area (Å²) in [5.41, 5.74) is 0.519. The highest BCUT2D eigenvalue weighted by Crippen LogP contribution is 2.16. The van der Waals surface area contributed by atoms with Gasteiger partial charge in [-0.05, 0) is 55.0 Å². The van der Waals surface area contributed by atoms with Gasteiger partial charge in [-0.1, -0.05) is 0 Å². The highest BCUT2D eigenvalue weighted by molar-refractivity contribution is 7.90. The number of halogens is 1. The van der Waals surface area contributed by atoms with Gasteiger partial charge in [-0.15, -0.1) is 0 Å². The van der Waals surface area contributed by atoms with Crippen LogP contribution in [0, 0.1) is 5.82 Å². The molecular formula is C18H21FN2O4S. The molecule has 0 radical (unpaired) electrons. The molecule has 2 rings (SSSR count). The number of anilines is 1. The smallest absolute Gasteiger partial charge is 0.321 e. The fourth-order valence-electron chi connectivity index (χ4n) is 2.13. The lowest BCUT2D eigenvalue weighted by molar-refractivity contribution is 0.216. The van der Waals surface area contributed by atoms with E-state index in [-0.39, 0.29) is 16.7 Å². The average molecular weight is 380 g/mol. The summed E-state index contributed by atoms with van der Waals surface area (Å²) in [5.74, 6) is 0.203. The number of carbonyl (C=O) groups excluding carboxylic acids is 1. The van der Waals surface area contributed by atoms with Gasteiger partial charge in [-0.25, -0.2) is 17.6 Å². The van der Waals surface area contributed by atoms with Crippen LogP contribution in [-0.2, 0) is 9.84 Å². The maximum absolute atomic E-state index is 12.8. The van der Waals surface area contributed by atoms with Crippen molar-refractivity contribution in [2.24, 2.45) is 0 Å². The summed E-state index contributed by atoms with van der Waals surface area (Å²) < 4.78 is 41.2. The summed E-state index contributed by atoms with van der Waals surface area (Å²) >= 11 is 0. The molecule has 8 heteroatoms. The predicted octanol–water partition coefficient (Wildman–Crippen LogP) is 3.16. The molecule has 0 spiro atoms. The fourth-order valence-corrected chi connectivity index (χ4v) is 2.76. The molecule has 0 heterocycles. The molecule has 26 heavy (non-hydrogen) atoms. The maximum atomic E-state index is 12.8. The summed E-state index contributed by atoms with van der Waals surface area (Å²) in [6.07, 6.45) is 1.75. The molecule has 0 aromatic heterocycles. The third-order valence-corrected chi connectivity index (χ3v) is 4.73. The van der Waals surface area contributed by atoms with Crippen LogP contribution in [0.25, 0.3) is 0 Å². The second-order valence-electron chi connectivity index (χ2n) is 5.80. The van der Waals surface area contributed by atoms with E-state index in [1.54, 1.807) is 19.2 Å². The number of hydrogen-bond donors (Lipinski definition) is 1. The number of hydrogen-bond acceptors (Lipinski definition) is 4. The number of benzene rings is 2.